The summed E-state index contributed by atoms with van der Waals surface area (Å²) in [5.41, 5.74) is 2.89. The molecule has 6 nitrogen and oxygen atoms in total. The van der Waals surface area contributed by atoms with Crippen LogP contribution in [0, 0.1) is 12.3 Å². The fourth-order valence-electron chi connectivity index (χ4n) is 3.02. The number of tetrazole rings is 1. The molecule has 1 fully saturated rings. The molecular formula is C20H18N4O2. The van der Waals surface area contributed by atoms with Gasteiger partial charge in [0.25, 0.3) is 0 Å². The van der Waals surface area contributed by atoms with Crippen LogP contribution in [0.1, 0.15) is 35.4 Å². The van der Waals surface area contributed by atoms with Crippen LogP contribution in [0.3, 0.4) is 0 Å². The SMILES string of the molecule is C#Cc1cccc(-n2nnn(C)c2=O)c1COc1ccccc1C1CC1. The molecule has 1 aliphatic rings. The van der Waals surface area contributed by atoms with Gasteiger partial charge in [0.15, 0.2) is 0 Å². The lowest BCUT2D eigenvalue weighted by atomic mass is 10.1. The molecule has 1 saturated carbocycles. The second-order valence-electron chi connectivity index (χ2n) is 6.35. The first-order valence-corrected chi connectivity index (χ1v) is 8.48. The Morgan fingerprint density at radius 2 is 2.00 bits per heavy atom. The summed E-state index contributed by atoms with van der Waals surface area (Å²) in [7, 11) is 1.55. The molecule has 1 aliphatic carbocycles. The molecule has 0 radical (unpaired) electrons. The Kier molecular flexibility index (Phi) is 4.05. The molecule has 0 saturated heterocycles. The van der Waals surface area contributed by atoms with E-state index in [1.165, 1.54) is 27.8 Å². The van der Waals surface area contributed by atoms with Gasteiger partial charge in [-0.05, 0) is 52.9 Å². The standard InChI is InChI=1S/C20H18N4O2/c1-3-14-7-6-9-18(24-20(25)23(2)21-22-24)17(14)13-26-19-10-5-4-8-16(19)15-11-12-15/h1,4-10,15H,11-13H2,2H3. The van der Waals surface area contributed by atoms with Gasteiger partial charge in [0.1, 0.15) is 12.4 Å². The Labute approximate surface area is 151 Å². The Hall–Kier alpha value is -3.33. The zero-order valence-electron chi connectivity index (χ0n) is 14.4. The molecule has 130 valence electrons. The molecular weight excluding hydrogens is 328 g/mol. The summed E-state index contributed by atoms with van der Waals surface area (Å²) in [6.07, 6.45) is 8.06. The van der Waals surface area contributed by atoms with Gasteiger partial charge in [-0.3, -0.25) is 0 Å². The molecule has 6 heteroatoms. The number of para-hydroxylation sites is 1. The lowest BCUT2D eigenvalue weighted by Gasteiger charge is -2.14. The van der Waals surface area contributed by atoms with Gasteiger partial charge in [0, 0.05) is 18.2 Å². The fraction of sp³-hybridized carbons (Fsp3) is 0.250. The van der Waals surface area contributed by atoms with Crippen LogP contribution < -0.4 is 10.4 Å². The van der Waals surface area contributed by atoms with Crippen molar-refractivity contribution in [3.63, 3.8) is 0 Å². The normalized spacial score (nSPS) is 13.4. The van der Waals surface area contributed by atoms with Crippen molar-refractivity contribution in [3.05, 3.63) is 69.6 Å². The van der Waals surface area contributed by atoms with Crippen LogP contribution >= 0.6 is 0 Å². The second-order valence-corrected chi connectivity index (χ2v) is 6.35. The minimum absolute atomic E-state index is 0.252. The number of terminal acetylenes is 1. The van der Waals surface area contributed by atoms with Crippen LogP contribution in [0.4, 0.5) is 0 Å². The van der Waals surface area contributed by atoms with Gasteiger partial charge in [0.2, 0.25) is 0 Å². The molecule has 1 aromatic heterocycles. The summed E-state index contributed by atoms with van der Waals surface area (Å²) in [4.78, 5) is 12.3. The summed E-state index contributed by atoms with van der Waals surface area (Å²) >= 11 is 0. The molecule has 0 unspecified atom stereocenters. The highest BCUT2D eigenvalue weighted by Crippen LogP contribution is 2.44. The first kappa shape index (κ1) is 16.2. The van der Waals surface area contributed by atoms with Gasteiger partial charge < -0.3 is 4.74 Å². The van der Waals surface area contributed by atoms with E-state index < -0.39 is 0 Å². The van der Waals surface area contributed by atoms with Crippen LogP contribution in [0.5, 0.6) is 5.75 Å². The van der Waals surface area contributed by atoms with Gasteiger partial charge in [-0.1, -0.05) is 30.2 Å². The van der Waals surface area contributed by atoms with E-state index in [0.29, 0.717) is 17.2 Å². The Bertz CT molecular complexity index is 1050. The maximum absolute atomic E-state index is 12.3. The Balaban J connectivity index is 1.71. The first-order chi connectivity index (χ1) is 12.7. The topological polar surface area (TPSA) is 61.9 Å². The van der Waals surface area contributed by atoms with E-state index in [0.717, 1.165) is 11.3 Å². The van der Waals surface area contributed by atoms with E-state index >= 15 is 0 Å². The Morgan fingerprint density at radius 3 is 2.69 bits per heavy atom. The van der Waals surface area contributed by atoms with Crippen LogP contribution in [0.25, 0.3) is 5.69 Å². The van der Waals surface area contributed by atoms with Crippen LogP contribution in [-0.2, 0) is 13.7 Å². The molecule has 0 bridgehead atoms. The van der Waals surface area contributed by atoms with Crippen molar-refractivity contribution in [2.45, 2.75) is 25.4 Å². The third-order valence-electron chi connectivity index (χ3n) is 4.56. The van der Waals surface area contributed by atoms with Gasteiger partial charge in [-0.15, -0.1) is 6.42 Å². The third kappa shape index (κ3) is 2.88. The average Bonchev–Trinajstić information content (AvgIpc) is 3.46. The summed E-state index contributed by atoms with van der Waals surface area (Å²) < 4.78 is 8.53. The summed E-state index contributed by atoms with van der Waals surface area (Å²) in [6.45, 7) is 0.252. The highest BCUT2D eigenvalue weighted by Gasteiger charge is 2.26. The molecule has 3 aromatic rings. The summed E-state index contributed by atoms with van der Waals surface area (Å²) in [5.74, 6) is 4.11. The average molecular weight is 346 g/mol. The van der Waals surface area contributed by atoms with Gasteiger partial charge in [0.05, 0.1) is 5.69 Å². The minimum Gasteiger partial charge on any atom is -0.488 e. The number of aromatic nitrogens is 4. The molecule has 0 N–H and O–H groups in total. The lowest BCUT2D eigenvalue weighted by molar-refractivity contribution is 0.302. The van der Waals surface area contributed by atoms with E-state index in [2.05, 4.69) is 22.4 Å². The quantitative estimate of drug-likeness (QED) is 0.666. The van der Waals surface area contributed by atoms with E-state index in [4.69, 9.17) is 11.2 Å². The number of aryl methyl sites for hydroxylation is 1. The minimum atomic E-state index is -0.334. The van der Waals surface area contributed by atoms with Crippen molar-refractivity contribution in [2.75, 3.05) is 0 Å². The highest BCUT2D eigenvalue weighted by molar-refractivity contribution is 5.51. The van der Waals surface area contributed by atoms with Gasteiger partial charge in [-0.25, -0.2) is 4.79 Å². The number of hydrogen-bond donors (Lipinski definition) is 0. The van der Waals surface area contributed by atoms with Crippen molar-refractivity contribution in [1.29, 1.82) is 0 Å². The largest absolute Gasteiger partial charge is 0.488 e. The molecule has 26 heavy (non-hydrogen) atoms. The smallest absolute Gasteiger partial charge is 0.368 e. The van der Waals surface area contributed by atoms with Crippen LogP contribution in [0.15, 0.2) is 47.3 Å². The van der Waals surface area contributed by atoms with Crippen molar-refractivity contribution in [1.82, 2.24) is 19.8 Å². The maximum atomic E-state index is 12.3. The van der Waals surface area contributed by atoms with Crippen molar-refractivity contribution in [3.8, 4) is 23.8 Å². The molecule has 0 atom stereocenters. The number of hydrogen-bond acceptors (Lipinski definition) is 4. The Morgan fingerprint density at radius 1 is 1.19 bits per heavy atom. The van der Waals surface area contributed by atoms with Crippen molar-refractivity contribution < 1.29 is 4.74 Å². The van der Waals surface area contributed by atoms with E-state index in [-0.39, 0.29) is 12.3 Å². The number of ether oxygens (including phenoxy) is 1. The fourth-order valence-corrected chi connectivity index (χ4v) is 3.02. The first-order valence-electron chi connectivity index (χ1n) is 8.48. The van der Waals surface area contributed by atoms with Crippen molar-refractivity contribution in [2.24, 2.45) is 7.05 Å². The van der Waals surface area contributed by atoms with Crippen LogP contribution in [0.2, 0.25) is 0 Å². The maximum Gasteiger partial charge on any atom is 0.368 e. The highest BCUT2D eigenvalue weighted by atomic mass is 16.5. The van der Waals surface area contributed by atoms with Crippen LogP contribution in [-0.4, -0.2) is 19.8 Å². The van der Waals surface area contributed by atoms with Crippen molar-refractivity contribution >= 4 is 0 Å². The molecule has 1 heterocycles. The van der Waals surface area contributed by atoms with Gasteiger partial charge >= 0.3 is 5.69 Å². The third-order valence-corrected chi connectivity index (χ3v) is 4.56. The predicted octanol–water partition coefficient (Wildman–Crippen LogP) is 2.40. The van der Waals surface area contributed by atoms with Gasteiger partial charge in [-0.2, -0.15) is 9.36 Å². The molecule has 0 amide bonds. The zero-order valence-corrected chi connectivity index (χ0v) is 14.4. The van der Waals surface area contributed by atoms with E-state index in [1.807, 2.05) is 24.3 Å². The lowest BCUT2D eigenvalue weighted by Crippen LogP contribution is -2.23. The zero-order chi connectivity index (χ0) is 18.1. The van der Waals surface area contributed by atoms with E-state index in [1.54, 1.807) is 19.2 Å². The molecule has 0 spiro atoms. The molecule has 0 aliphatic heterocycles. The predicted molar refractivity (Wildman–Crippen MR) is 97.3 cm³/mol. The summed E-state index contributed by atoms with van der Waals surface area (Å²) in [5, 5.41) is 7.70. The monoisotopic (exact) mass is 346 g/mol. The molecule has 4 rings (SSSR count). The van der Waals surface area contributed by atoms with E-state index in [9.17, 15) is 4.79 Å². The molecule has 2 aromatic carbocycles. The number of nitrogens with zero attached hydrogens (tertiary/aromatic N) is 4. The number of rotatable bonds is 5. The number of benzene rings is 2. The summed E-state index contributed by atoms with van der Waals surface area (Å²) in [6, 6.07) is 13.5. The second kappa shape index (κ2) is 6.52.